The molecule has 0 bridgehead atoms. The fourth-order valence-corrected chi connectivity index (χ4v) is 3.53. The van der Waals surface area contributed by atoms with Gasteiger partial charge in [0.25, 0.3) is 0 Å². The summed E-state index contributed by atoms with van der Waals surface area (Å²) in [5, 5.41) is 3.53. The van der Waals surface area contributed by atoms with Crippen LogP contribution in [0.4, 0.5) is 0 Å². The van der Waals surface area contributed by atoms with E-state index in [4.69, 9.17) is 0 Å². The second kappa shape index (κ2) is 8.93. The Labute approximate surface area is 120 Å². The Hall–Kier alpha value is -0.120. The molecule has 1 saturated heterocycles. The maximum atomic E-state index is 3.53. The van der Waals surface area contributed by atoms with Gasteiger partial charge in [0.2, 0.25) is 0 Å². The lowest BCUT2D eigenvalue weighted by atomic mass is 9.94. The van der Waals surface area contributed by atoms with Crippen LogP contribution in [0.3, 0.4) is 0 Å². The summed E-state index contributed by atoms with van der Waals surface area (Å²) in [6.07, 6.45) is 6.54. The normalized spacial score (nSPS) is 21.8. The fraction of sp³-hybridized carbons (Fsp3) is 1.00. The summed E-state index contributed by atoms with van der Waals surface area (Å²) in [7, 11) is 6.69. The number of likely N-dealkylation sites (N-methyl/N-ethyl adjacent to an activating group) is 2. The van der Waals surface area contributed by atoms with Crippen molar-refractivity contribution in [3.05, 3.63) is 0 Å². The van der Waals surface area contributed by atoms with Gasteiger partial charge in [-0.05, 0) is 65.8 Å². The number of nitrogens with one attached hydrogen (secondary N) is 1. The summed E-state index contributed by atoms with van der Waals surface area (Å²) in [5.41, 5.74) is 0. The third kappa shape index (κ3) is 5.41. The molecule has 0 amide bonds. The molecule has 19 heavy (non-hydrogen) atoms. The summed E-state index contributed by atoms with van der Waals surface area (Å²) in [4.78, 5) is 5.08. The number of hydrogen-bond acceptors (Lipinski definition) is 3. The van der Waals surface area contributed by atoms with E-state index < -0.39 is 0 Å². The lowest BCUT2D eigenvalue weighted by Crippen LogP contribution is -2.49. The van der Waals surface area contributed by atoms with E-state index in [-0.39, 0.29) is 0 Å². The van der Waals surface area contributed by atoms with Gasteiger partial charge in [-0.1, -0.05) is 20.3 Å². The van der Waals surface area contributed by atoms with Crippen LogP contribution in [-0.2, 0) is 0 Å². The largest absolute Gasteiger partial charge is 0.315 e. The molecule has 0 spiro atoms. The minimum absolute atomic E-state index is 0.645. The number of piperidine rings is 1. The molecular formula is C16H35N3. The van der Waals surface area contributed by atoms with Gasteiger partial charge in [-0.15, -0.1) is 0 Å². The third-order valence-corrected chi connectivity index (χ3v) is 4.80. The molecule has 1 rings (SSSR count). The fourth-order valence-electron chi connectivity index (χ4n) is 3.53. The molecule has 3 nitrogen and oxygen atoms in total. The highest BCUT2D eigenvalue weighted by molar-refractivity contribution is 4.83. The zero-order chi connectivity index (χ0) is 14.3. The Bertz CT molecular complexity index is 224. The van der Waals surface area contributed by atoms with Gasteiger partial charge in [-0.25, -0.2) is 0 Å². The zero-order valence-electron chi connectivity index (χ0n) is 13.8. The Morgan fingerprint density at radius 1 is 1.26 bits per heavy atom. The Kier molecular flexibility index (Phi) is 7.96. The predicted molar refractivity (Wildman–Crippen MR) is 84.7 cm³/mol. The van der Waals surface area contributed by atoms with Crippen molar-refractivity contribution in [1.82, 2.24) is 15.1 Å². The highest BCUT2D eigenvalue weighted by Crippen LogP contribution is 2.20. The zero-order valence-corrected chi connectivity index (χ0v) is 13.8. The van der Waals surface area contributed by atoms with E-state index >= 15 is 0 Å². The van der Waals surface area contributed by atoms with Crippen molar-refractivity contribution in [3.8, 4) is 0 Å². The monoisotopic (exact) mass is 269 g/mol. The molecule has 1 aliphatic rings. The molecule has 0 aliphatic carbocycles. The van der Waals surface area contributed by atoms with E-state index in [0.29, 0.717) is 12.1 Å². The SMILES string of the molecule is CCCC(NC)C(CC)N(C)CC1CCN(C)CC1. The molecule has 114 valence electrons. The smallest absolute Gasteiger partial charge is 0.0243 e. The Balaban J connectivity index is 2.46. The van der Waals surface area contributed by atoms with Crippen LogP contribution in [-0.4, -0.2) is 62.7 Å². The van der Waals surface area contributed by atoms with E-state index in [2.05, 4.69) is 50.1 Å². The average molecular weight is 269 g/mol. The van der Waals surface area contributed by atoms with Crippen LogP contribution < -0.4 is 5.32 Å². The molecule has 1 N–H and O–H groups in total. The average Bonchev–Trinajstić information content (AvgIpc) is 2.41. The maximum Gasteiger partial charge on any atom is 0.0243 e. The minimum atomic E-state index is 0.645. The van der Waals surface area contributed by atoms with Gasteiger partial charge in [0.05, 0.1) is 0 Å². The van der Waals surface area contributed by atoms with E-state index in [0.717, 1.165) is 5.92 Å². The van der Waals surface area contributed by atoms with Crippen molar-refractivity contribution < 1.29 is 0 Å². The first-order valence-electron chi connectivity index (χ1n) is 8.18. The van der Waals surface area contributed by atoms with Gasteiger partial charge in [0.1, 0.15) is 0 Å². The van der Waals surface area contributed by atoms with Gasteiger partial charge < -0.3 is 15.1 Å². The van der Waals surface area contributed by atoms with Crippen molar-refractivity contribution in [2.24, 2.45) is 5.92 Å². The summed E-state index contributed by atoms with van der Waals surface area (Å²) in [6, 6.07) is 1.33. The summed E-state index contributed by atoms with van der Waals surface area (Å²) >= 11 is 0. The Morgan fingerprint density at radius 3 is 2.37 bits per heavy atom. The summed E-state index contributed by atoms with van der Waals surface area (Å²) in [5.74, 6) is 0.898. The molecule has 1 aliphatic heterocycles. The Morgan fingerprint density at radius 2 is 1.89 bits per heavy atom. The molecule has 3 heteroatoms. The highest BCUT2D eigenvalue weighted by atomic mass is 15.2. The topological polar surface area (TPSA) is 18.5 Å². The van der Waals surface area contributed by atoms with Crippen molar-refractivity contribution in [2.45, 2.75) is 58.0 Å². The van der Waals surface area contributed by atoms with Gasteiger partial charge in [-0.3, -0.25) is 0 Å². The predicted octanol–water partition coefficient (Wildman–Crippen LogP) is 2.43. The van der Waals surface area contributed by atoms with Gasteiger partial charge in [-0.2, -0.15) is 0 Å². The third-order valence-electron chi connectivity index (χ3n) is 4.80. The molecule has 0 radical (unpaired) electrons. The number of nitrogens with zero attached hydrogens (tertiary/aromatic N) is 2. The van der Waals surface area contributed by atoms with Crippen LogP contribution in [0, 0.1) is 5.92 Å². The number of likely N-dealkylation sites (tertiary alicyclic amines) is 1. The van der Waals surface area contributed by atoms with E-state index in [1.54, 1.807) is 0 Å². The standard InChI is InChI=1S/C16H35N3/c1-6-8-15(17-3)16(7-2)19(5)13-14-9-11-18(4)12-10-14/h14-17H,6-13H2,1-5H3. The maximum absolute atomic E-state index is 3.53. The molecule has 2 unspecified atom stereocenters. The molecule has 0 saturated carbocycles. The van der Waals surface area contributed by atoms with E-state index in [1.165, 1.54) is 51.7 Å². The van der Waals surface area contributed by atoms with Gasteiger partial charge in [0.15, 0.2) is 0 Å². The lowest BCUT2D eigenvalue weighted by Gasteiger charge is -2.38. The van der Waals surface area contributed by atoms with Crippen LogP contribution in [0.15, 0.2) is 0 Å². The quantitative estimate of drug-likeness (QED) is 0.730. The van der Waals surface area contributed by atoms with Crippen molar-refractivity contribution in [1.29, 1.82) is 0 Å². The molecule has 0 aromatic heterocycles. The van der Waals surface area contributed by atoms with Crippen LogP contribution in [0.25, 0.3) is 0 Å². The van der Waals surface area contributed by atoms with Crippen LogP contribution >= 0.6 is 0 Å². The summed E-state index contributed by atoms with van der Waals surface area (Å²) in [6.45, 7) is 8.44. The summed E-state index contributed by atoms with van der Waals surface area (Å²) < 4.78 is 0. The van der Waals surface area contributed by atoms with Crippen molar-refractivity contribution in [3.63, 3.8) is 0 Å². The lowest BCUT2D eigenvalue weighted by molar-refractivity contribution is 0.126. The number of hydrogen-bond donors (Lipinski definition) is 1. The molecule has 1 fully saturated rings. The highest BCUT2D eigenvalue weighted by Gasteiger charge is 2.25. The molecule has 0 aromatic rings. The first-order valence-corrected chi connectivity index (χ1v) is 8.18. The first-order chi connectivity index (χ1) is 9.12. The molecular weight excluding hydrogens is 234 g/mol. The van der Waals surface area contributed by atoms with Crippen LogP contribution in [0.1, 0.15) is 46.0 Å². The van der Waals surface area contributed by atoms with E-state index in [9.17, 15) is 0 Å². The van der Waals surface area contributed by atoms with Crippen LogP contribution in [0.2, 0.25) is 0 Å². The van der Waals surface area contributed by atoms with Crippen molar-refractivity contribution in [2.75, 3.05) is 40.8 Å². The second-order valence-corrected chi connectivity index (χ2v) is 6.35. The van der Waals surface area contributed by atoms with Crippen LogP contribution in [0.5, 0.6) is 0 Å². The van der Waals surface area contributed by atoms with Gasteiger partial charge >= 0.3 is 0 Å². The minimum Gasteiger partial charge on any atom is -0.315 e. The number of rotatable bonds is 8. The molecule has 1 heterocycles. The van der Waals surface area contributed by atoms with Gasteiger partial charge in [0, 0.05) is 18.6 Å². The van der Waals surface area contributed by atoms with Crippen molar-refractivity contribution >= 4 is 0 Å². The molecule has 2 atom stereocenters. The first kappa shape index (κ1) is 16.9. The van der Waals surface area contributed by atoms with E-state index in [1.807, 2.05) is 0 Å². The molecule has 0 aromatic carbocycles. The second-order valence-electron chi connectivity index (χ2n) is 6.35.